The van der Waals surface area contributed by atoms with Crippen molar-refractivity contribution >= 4 is 11.9 Å². The van der Waals surface area contributed by atoms with Crippen LogP contribution >= 0.6 is 0 Å². The Kier molecular flexibility index (Phi) is 5.85. The van der Waals surface area contributed by atoms with Crippen LogP contribution in [-0.2, 0) is 0 Å². The summed E-state index contributed by atoms with van der Waals surface area (Å²) < 4.78 is 6.07. The summed E-state index contributed by atoms with van der Waals surface area (Å²) in [6, 6.07) is 10.9. The highest BCUT2D eigenvalue weighted by atomic mass is 16.5. The molecule has 8 nitrogen and oxygen atoms in total. The van der Waals surface area contributed by atoms with Crippen LogP contribution in [0.2, 0.25) is 0 Å². The minimum absolute atomic E-state index is 0.304. The lowest BCUT2D eigenvalue weighted by molar-refractivity contribution is 0.1000. The molecule has 30 heavy (non-hydrogen) atoms. The van der Waals surface area contributed by atoms with Gasteiger partial charge in [0.2, 0.25) is 17.7 Å². The van der Waals surface area contributed by atoms with Crippen molar-refractivity contribution in [1.29, 1.82) is 0 Å². The molecule has 1 aliphatic heterocycles. The molecule has 4 N–H and O–H groups in total. The van der Waals surface area contributed by atoms with Gasteiger partial charge in [0.25, 0.3) is 0 Å². The van der Waals surface area contributed by atoms with E-state index in [1.54, 1.807) is 30.6 Å². The second kappa shape index (κ2) is 8.87. The van der Waals surface area contributed by atoms with Crippen molar-refractivity contribution in [3.63, 3.8) is 0 Å². The van der Waals surface area contributed by atoms with Crippen LogP contribution in [0.3, 0.4) is 0 Å². The van der Waals surface area contributed by atoms with Gasteiger partial charge < -0.3 is 21.1 Å². The molecule has 3 aromatic rings. The van der Waals surface area contributed by atoms with E-state index in [-0.39, 0.29) is 0 Å². The second-order valence-corrected chi connectivity index (χ2v) is 7.26. The van der Waals surface area contributed by atoms with Crippen LogP contribution in [0.1, 0.15) is 28.8 Å². The van der Waals surface area contributed by atoms with Gasteiger partial charge >= 0.3 is 0 Å². The molecule has 0 aliphatic carbocycles. The molecule has 1 atom stereocenters. The Labute approximate surface area is 174 Å². The molecule has 1 aliphatic rings. The fourth-order valence-corrected chi connectivity index (χ4v) is 3.37. The molecular weight excluding hydrogens is 380 g/mol. The summed E-state index contributed by atoms with van der Waals surface area (Å²) in [4.78, 5) is 24.9. The van der Waals surface area contributed by atoms with Gasteiger partial charge in [-0.1, -0.05) is 6.07 Å². The average molecular weight is 404 g/mol. The van der Waals surface area contributed by atoms with Gasteiger partial charge in [-0.05, 0) is 62.2 Å². The number of rotatable bonds is 6. The summed E-state index contributed by atoms with van der Waals surface area (Å²) in [5, 5.41) is 6.77. The zero-order valence-corrected chi connectivity index (χ0v) is 16.8. The third-order valence-corrected chi connectivity index (χ3v) is 5.01. The van der Waals surface area contributed by atoms with Crippen molar-refractivity contribution in [2.45, 2.75) is 25.8 Å². The lowest BCUT2D eigenvalue weighted by atomic mass is 10.1. The van der Waals surface area contributed by atoms with Crippen LogP contribution < -0.4 is 21.1 Å². The van der Waals surface area contributed by atoms with E-state index >= 15 is 0 Å². The number of hydrogen-bond donors (Lipinski definition) is 3. The van der Waals surface area contributed by atoms with Gasteiger partial charge in [0, 0.05) is 30.5 Å². The Morgan fingerprint density at radius 1 is 1.23 bits per heavy atom. The van der Waals surface area contributed by atoms with Crippen LogP contribution in [0.25, 0.3) is 11.3 Å². The van der Waals surface area contributed by atoms with Crippen molar-refractivity contribution in [3.05, 3.63) is 59.9 Å². The van der Waals surface area contributed by atoms with Crippen molar-refractivity contribution in [3.8, 4) is 22.9 Å². The van der Waals surface area contributed by atoms with Gasteiger partial charge in [0.05, 0.1) is 11.3 Å². The number of piperidine rings is 1. The minimum Gasteiger partial charge on any atom is -0.438 e. The van der Waals surface area contributed by atoms with Crippen LogP contribution in [-0.4, -0.2) is 40.0 Å². The molecule has 1 amide bonds. The molecule has 4 rings (SSSR count). The number of carbonyl (C=O) groups excluding carboxylic acids is 1. The number of pyridine rings is 1. The molecule has 0 spiro atoms. The second-order valence-electron chi connectivity index (χ2n) is 7.26. The number of aromatic nitrogens is 3. The van der Waals surface area contributed by atoms with E-state index in [2.05, 4.69) is 25.6 Å². The van der Waals surface area contributed by atoms with E-state index in [4.69, 9.17) is 10.5 Å². The molecule has 1 fully saturated rings. The van der Waals surface area contributed by atoms with Gasteiger partial charge in [-0.25, -0.2) is 15.0 Å². The lowest BCUT2D eigenvalue weighted by Crippen LogP contribution is -2.38. The zero-order valence-electron chi connectivity index (χ0n) is 16.8. The van der Waals surface area contributed by atoms with Gasteiger partial charge in [-0.15, -0.1) is 0 Å². The van der Waals surface area contributed by atoms with Crippen LogP contribution in [0.15, 0.2) is 48.8 Å². The maximum absolute atomic E-state index is 11.5. The monoisotopic (exact) mass is 404 g/mol. The predicted molar refractivity (Wildman–Crippen MR) is 115 cm³/mol. The number of nitrogens with one attached hydrogen (secondary N) is 2. The quantitative estimate of drug-likeness (QED) is 0.578. The molecular formula is C22H24N6O2. The van der Waals surface area contributed by atoms with E-state index in [0.717, 1.165) is 37.1 Å². The highest BCUT2D eigenvalue weighted by Crippen LogP contribution is 2.32. The summed E-state index contributed by atoms with van der Waals surface area (Å²) in [6.07, 6.45) is 5.58. The number of ether oxygens (including phenoxy) is 1. The number of amides is 1. The zero-order chi connectivity index (χ0) is 20.9. The van der Waals surface area contributed by atoms with Crippen molar-refractivity contribution < 1.29 is 9.53 Å². The molecule has 0 bridgehead atoms. The molecule has 1 aromatic carbocycles. The number of aryl methyl sites for hydroxylation is 1. The Bertz CT molecular complexity index is 1050. The van der Waals surface area contributed by atoms with Crippen molar-refractivity contribution in [2.24, 2.45) is 5.73 Å². The molecule has 0 saturated carbocycles. The van der Waals surface area contributed by atoms with Gasteiger partial charge in [0.1, 0.15) is 5.75 Å². The van der Waals surface area contributed by atoms with E-state index in [1.807, 2.05) is 25.1 Å². The van der Waals surface area contributed by atoms with E-state index in [0.29, 0.717) is 34.9 Å². The SMILES string of the molecule is Cc1ccc(C(N)=O)cc1Oc1ncccc1-c1ccnc(NC2CCCNC2)n1. The predicted octanol–water partition coefficient (Wildman–Crippen LogP) is 2.90. The summed E-state index contributed by atoms with van der Waals surface area (Å²) >= 11 is 0. The third kappa shape index (κ3) is 4.55. The average Bonchev–Trinajstić information content (AvgIpc) is 2.76. The number of benzene rings is 1. The normalized spacial score (nSPS) is 16.1. The first-order chi connectivity index (χ1) is 14.6. The van der Waals surface area contributed by atoms with Crippen LogP contribution in [0.5, 0.6) is 11.6 Å². The Hall–Kier alpha value is -3.52. The molecule has 8 heteroatoms. The topological polar surface area (TPSA) is 115 Å². The van der Waals surface area contributed by atoms with Crippen molar-refractivity contribution in [2.75, 3.05) is 18.4 Å². The first-order valence-electron chi connectivity index (χ1n) is 9.94. The third-order valence-electron chi connectivity index (χ3n) is 5.01. The molecule has 3 heterocycles. The first kappa shape index (κ1) is 19.8. The van der Waals surface area contributed by atoms with Crippen LogP contribution in [0.4, 0.5) is 5.95 Å². The van der Waals surface area contributed by atoms with Crippen molar-refractivity contribution in [1.82, 2.24) is 20.3 Å². The fourth-order valence-electron chi connectivity index (χ4n) is 3.37. The Morgan fingerprint density at radius 3 is 2.93 bits per heavy atom. The number of nitrogens with zero attached hydrogens (tertiary/aromatic N) is 3. The summed E-state index contributed by atoms with van der Waals surface area (Å²) in [5.74, 6) is 0.978. The Balaban J connectivity index is 1.62. The van der Waals surface area contributed by atoms with Crippen LogP contribution in [0, 0.1) is 6.92 Å². The highest BCUT2D eigenvalue weighted by Gasteiger charge is 2.16. The summed E-state index contributed by atoms with van der Waals surface area (Å²) in [7, 11) is 0. The standard InChI is InChI=1S/C22H24N6O2/c1-14-6-7-15(20(23)29)12-19(14)30-21-17(5-3-10-25-21)18-8-11-26-22(28-18)27-16-4-2-9-24-13-16/h3,5-8,10-12,16,24H,2,4,9,13H2,1H3,(H2,23,29)(H,26,27,28). The Morgan fingerprint density at radius 2 is 2.13 bits per heavy atom. The number of hydrogen-bond acceptors (Lipinski definition) is 7. The van der Waals surface area contributed by atoms with E-state index in [1.165, 1.54) is 0 Å². The van der Waals surface area contributed by atoms with Gasteiger partial charge in [-0.3, -0.25) is 4.79 Å². The molecule has 1 unspecified atom stereocenters. The number of anilines is 1. The fraction of sp³-hybridized carbons (Fsp3) is 0.273. The molecule has 2 aromatic heterocycles. The highest BCUT2D eigenvalue weighted by molar-refractivity contribution is 5.93. The molecule has 154 valence electrons. The molecule has 0 radical (unpaired) electrons. The minimum atomic E-state index is -0.509. The first-order valence-corrected chi connectivity index (χ1v) is 9.94. The summed E-state index contributed by atoms with van der Waals surface area (Å²) in [6.45, 7) is 3.84. The number of carbonyl (C=O) groups is 1. The number of primary amides is 1. The lowest BCUT2D eigenvalue weighted by Gasteiger charge is -2.23. The number of nitrogens with two attached hydrogens (primary N) is 1. The van der Waals surface area contributed by atoms with E-state index in [9.17, 15) is 4.79 Å². The smallest absolute Gasteiger partial charge is 0.248 e. The van der Waals surface area contributed by atoms with E-state index < -0.39 is 5.91 Å². The van der Waals surface area contributed by atoms with Gasteiger partial charge in [-0.2, -0.15) is 0 Å². The largest absolute Gasteiger partial charge is 0.438 e. The molecule has 1 saturated heterocycles. The van der Waals surface area contributed by atoms with Gasteiger partial charge in [0.15, 0.2) is 0 Å². The maximum atomic E-state index is 11.5. The maximum Gasteiger partial charge on any atom is 0.248 e. The summed E-state index contributed by atoms with van der Waals surface area (Å²) in [5.41, 5.74) is 8.07.